The first kappa shape index (κ1) is 15.0. The normalized spacial score (nSPS) is 11.4. The van der Waals surface area contributed by atoms with Crippen LogP contribution in [0.2, 0.25) is 0 Å². The highest BCUT2D eigenvalue weighted by molar-refractivity contribution is 6.08. The van der Waals surface area contributed by atoms with Crippen molar-refractivity contribution >= 4 is 11.8 Å². The maximum Gasteiger partial charge on any atom is 0.316 e. The highest BCUT2D eigenvalue weighted by atomic mass is 16.5. The van der Waals surface area contributed by atoms with Crippen LogP contribution in [-0.4, -0.2) is 18.9 Å². The summed E-state index contributed by atoms with van der Waals surface area (Å²) in [6.45, 7) is 1.91. The van der Waals surface area contributed by atoms with E-state index in [4.69, 9.17) is 11.2 Å². The van der Waals surface area contributed by atoms with Gasteiger partial charge in [0.25, 0.3) is 0 Å². The quantitative estimate of drug-likeness (QED) is 0.259. The fourth-order valence-corrected chi connectivity index (χ4v) is 1.91. The number of hydrogen-bond acceptors (Lipinski definition) is 3. The van der Waals surface area contributed by atoms with Crippen molar-refractivity contribution in [2.45, 2.75) is 26.2 Å². The molecule has 0 heterocycles. The van der Waals surface area contributed by atoms with Crippen molar-refractivity contribution in [3.8, 4) is 12.3 Å². The number of ether oxygens (including phenoxy) is 1. The molecule has 0 N–H and O–H groups in total. The van der Waals surface area contributed by atoms with E-state index in [1.54, 1.807) is 18.2 Å². The largest absolute Gasteiger partial charge is 0.468 e. The summed E-state index contributed by atoms with van der Waals surface area (Å²) in [5.41, 5.74) is 1.52. The molecule has 1 aromatic rings. The Labute approximate surface area is 114 Å². The number of terminal acetylenes is 1. The van der Waals surface area contributed by atoms with E-state index in [0.29, 0.717) is 24.8 Å². The van der Waals surface area contributed by atoms with E-state index >= 15 is 0 Å². The van der Waals surface area contributed by atoms with Gasteiger partial charge in [0, 0.05) is 12.0 Å². The summed E-state index contributed by atoms with van der Waals surface area (Å²) in [6.07, 6.45) is 6.78. The Hall–Kier alpha value is -2.08. The number of esters is 1. The van der Waals surface area contributed by atoms with Crippen LogP contribution in [-0.2, 0) is 9.53 Å². The van der Waals surface area contributed by atoms with E-state index in [9.17, 15) is 9.59 Å². The van der Waals surface area contributed by atoms with Crippen molar-refractivity contribution in [1.82, 2.24) is 0 Å². The van der Waals surface area contributed by atoms with Crippen LogP contribution in [0.3, 0.4) is 0 Å². The van der Waals surface area contributed by atoms with Gasteiger partial charge in [0.2, 0.25) is 0 Å². The molecule has 0 radical (unpaired) electrons. The third-order valence-corrected chi connectivity index (χ3v) is 2.92. The van der Waals surface area contributed by atoms with E-state index < -0.39 is 11.9 Å². The van der Waals surface area contributed by atoms with Crippen LogP contribution in [0.15, 0.2) is 24.3 Å². The zero-order valence-electron chi connectivity index (χ0n) is 11.3. The zero-order valence-corrected chi connectivity index (χ0v) is 11.3. The molecule has 1 unspecified atom stereocenters. The summed E-state index contributed by atoms with van der Waals surface area (Å²) in [5, 5.41) is 0. The summed E-state index contributed by atoms with van der Waals surface area (Å²) in [6, 6.07) is 7.20. The van der Waals surface area contributed by atoms with Crippen LogP contribution < -0.4 is 0 Å². The molecular weight excluding hydrogens is 240 g/mol. The number of methoxy groups -OCH3 is 1. The van der Waals surface area contributed by atoms with Gasteiger partial charge < -0.3 is 4.74 Å². The molecule has 0 saturated heterocycles. The fraction of sp³-hybridized carbons (Fsp3) is 0.375. The minimum Gasteiger partial charge on any atom is -0.468 e. The van der Waals surface area contributed by atoms with Crippen molar-refractivity contribution in [2.24, 2.45) is 5.92 Å². The Kier molecular flexibility index (Phi) is 5.81. The summed E-state index contributed by atoms with van der Waals surface area (Å²) < 4.78 is 4.70. The average molecular weight is 258 g/mol. The third kappa shape index (κ3) is 4.26. The summed E-state index contributed by atoms with van der Waals surface area (Å²) in [4.78, 5) is 24.1. The minimum atomic E-state index is -0.764. The number of carbonyl (C=O) groups is 2. The van der Waals surface area contributed by atoms with E-state index in [-0.39, 0.29) is 5.78 Å². The molecule has 3 heteroatoms. The van der Waals surface area contributed by atoms with Gasteiger partial charge in [-0.2, -0.15) is 0 Å². The predicted molar refractivity (Wildman–Crippen MR) is 73.7 cm³/mol. The lowest BCUT2D eigenvalue weighted by molar-refractivity contribution is -0.143. The fourth-order valence-electron chi connectivity index (χ4n) is 1.91. The minimum absolute atomic E-state index is 0.201. The van der Waals surface area contributed by atoms with Crippen molar-refractivity contribution < 1.29 is 14.3 Å². The van der Waals surface area contributed by atoms with E-state index in [0.717, 1.165) is 5.56 Å². The van der Waals surface area contributed by atoms with Crippen LogP contribution in [0.1, 0.15) is 35.2 Å². The maximum atomic E-state index is 12.3. The van der Waals surface area contributed by atoms with Crippen LogP contribution in [0.5, 0.6) is 0 Å². The first-order chi connectivity index (χ1) is 9.10. The average Bonchev–Trinajstić information content (AvgIpc) is 2.42. The number of benzene rings is 1. The second-order valence-electron chi connectivity index (χ2n) is 4.41. The van der Waals surface area contributed by atoms with Gasteiger partial charge in [-0.3, -0.25) is 9.59 Å². The first-order valence-corrected chi connectivity index (χ1v) is 6.22. The van der Waals surface area contributed by atoms with Gasteiger partial charge in [0.1, 0.15) is 5.92 Å². The maximum absolute atomic E-state index is 12.3. The van der Waals surface area contributed by atoms with Gasteiger partial charge in [0.05, 0.1) is 7.11 Å². The number of aryl methyl sites for hydroxylation is 1. The van der Waals surface area contributed by atoms with Crippen molar-refractivity contribution in [2.75, 3.05) is 7.11 Å². The molecule has 0 bridgehead atoms. The van der Waals surface area contributed by atoms with Crippen LogP contribution in [0.4, 0.5) is 0 Å². The zero-order chi connectivity index (χ0) is 14.3. The van der Waals surface area contributed by atoms with Gasteiger partial charge in [-0.1, -0.05) is 23.8 Å². The van der Waals surface area contributed by atoms with Gasteiger partial charge in [0.15, 0.2) is 5.78 Å². The molecule has 0 aromatic heterocycles. The number of carbonyl (C=O) groups excluding carboxylic acids is 2. The van der Waals surface area contributed by atoms with Crippen molar-refractivity contribution in [1.29, 1.82) is 0 Å². The van der Waals surface area contributed by atoms with E-state index in [2.05, 4.69) is 5.92 Å². The lowest BCUT2D eigenvalue weighted by Gasteiger charge is -2.13. The monoisotopic (exact) mass is 258 g/mol. The standard InChI is InChI=1S/C16H18O3/c1-4-5-6-10-14(16(18)19-3)15(17)13-9-7-8-12(2)11-13/h1,7-9,11,14H,5-6,10H2,2-3H3. The summed E-state index contributed by atoms with van der Waals surface area (Å²) >= 11 is 0. The molecule has 100 valence electrons. The Morgan fingerprint density at radius 3 is 2.74 bits per heavy atom. The summed E-state index contributed by atoms with van der Waals surface area (Å²) in [7, 11) is 1.29. The van der Waals surface area contributed by atoms with Gasteiger partial charge in [-0.05, 0) is 25.8 Å². The molecule has 0 saturated carbocycles. The Balaban J connectivity index is 2.88. The predicted octanol–water partition coefficient (Wildman–Crippen LogP) is 2.77. The number of Topliss-reactive ketones (excluding diaryl/α,β-unsaturated/α-hetero) is 1. The lowest BCUT2D eigenvalue weighted by Crippen LogP contribution is -2.25. The molecule has 0 aliphatic heterocycles. The Morgan fingerprint density at radius 1 is 1.42 bits per heavy atom. The van der Waals surface area contributed by atoms with Gasteiger partial charge in [-0.15, -0.1) is 12.3 Å². The van der Waals surface area contributed by atoms with Gasteiger partial charge in [-0.25, -0.2) is 0 Å². The third-order valence-electron chi connectivity index (χ3n) is 2.92. The number of unbranched alkanes of at least 4 members (excludes halogenated alkanes) is 1. The highest BCUT2D eigenvalue weighted by Gasteiger charge is 2.27. The first-order valence-electron chi connectivity index (χ1n) is 6.22. The second kappa shape index (κ2) is 7.38. The number of rotatable bonds is 6. The second-order valence-corrected chi connectivity index (χ2v) is 4.41. The lowest BCUT2D eigenvalue weighted by atomic mass is 9.92. The number of ketones is 1. The topological polar surface area (TPSA) is 43.4 Å². The molecule has 0 aliphatic rings. The molecule has 1 rings (SSSR count). The summed E-state index contributed by atoms with van der Waals surface area (Å²) in [5.74, 6) is 1.04. The number of hydrogen-bond donors (Lipinski definition) is 0. The molecule has 19 heavy (non-hydrogen) atoms. The molecule has 1 aromatic carbocycles. The SMILES string of the molecule is C#CCCCC(C(=O)OC)C(=O)c1cccc(C)c1. The molecule has 3 nitrogen and oxygen atoms in total. The molecule has 0 aliphatic carbocycles. The van der Waals surface area contributed by atoms with Crippen LogP contribution in [0.25, 0.3) is 0 Å². The van der Waals surface area contributed by atoms with Crippen molar-refractivity contribution in [3.05, 3.63) is 35.4 Å². The molecule has 1 atom stereocenters. The smallest absolute Gasteiger partial charge is 0.316 e. The Bertz CT molecular complexity index is 497. The van der Waals surface area contributed by atoms with Crippen LogP contribution in [0, 0.1) is 25.2 Å². The molecule has 0 fully saturated rings. The highest BCUT2D eigenvalue weighted by Crippen LogP contribution is 2.18. The van der Waals surface area contributed by atoms with Gasteiger partial charge >= 0.3 is 5.97 Å². The molecular formula is C16H18O3. The van der Waals surface area contributed by atoms with Crippen molar-refractivity contribution in [3.63, 3.8) is 0 Å². The molecule has 0 amide bonds. The molecule has 0 spiro atoms. The van der Waals surface area contributed by atoms with E-state index in [1.165, 1.54) is 7.11 Å². The van der Waals surface area contributed by atoms with E-state index in [1.807, 2.05) is 13.0 Å². The Morgan fingerprint density at radius 2 is 2.16 bits per heavy atom. The van der Waals surface area contributed by atoms with Crippen LogP contribution >= 0.6 is 0 Å².